The highest BCUT2D eigenvalue weighted by atomic mass is 16.5. The predicted octanol–water partition coefficient (Wildman–Crippen LogP) is 4.48. The van der Waals surface area contributed by atoms with E-state index in [1.54, 1.807) is 0 Å². The lowest BCUT2D eigenvalue weighted by atomic mass is 10.0. The maximum absolute atomic E-state index is 5.74. The Labute approximate surface area is 117 Å². The standard InChI is InChI=1S/C17H27NO/c1-4-6-7-8-9-14-19-16-12-10-15(11-13-16)17(5-2)18-3/h4,10-13,17-18H,1,5-9,14H2,2-3H3. The van der Waals surface area contributed by atoms with Gasteiger partial charge in [0.2, 0.25) is 0 Å². The van der Waals surface area contributed by atoms with Crippen LogP contribution in [0.1, 0.15) is 50.6 Å². The number of allylic oxidation sites excluding steroid dienone is 1. The van der Waals surface area contributed by atoms with Gasteiger partial charge in [0.05, 0.1) is 6.61 Å². The average molecular weight is 261 g/mol. The minimum atomic E-state index is 0.438. The maximum atomic E-state index is 5.74. The normalized spacial score (nSPS) is 12.1. The number of nitrogens with one attached hydrogen (secondary N) is 1. The van der Waals surface area contributed by atoms with Gasteiger partial charge in [0.15, 0.2) is 0 Å². The van der Waals surface area contributed by atoms with Crippen molar-refractivity contribution in [1.82, 2.24) is 5.32 Å². The summed E-state index contributed by atoms with van der Waals surface area (Å²) in [7, 11) is 2.00. The van der Waals surface area contributed by atoms with Gasteiger partial charge < -0.3 is 10.1 Å². The molecule has 1 N–H and O–H groups in total. The molecule has 106 valence electrons. The smallest absolute Gasteiger partial charge is 0.119 e. The van der Waals surface area contributed by atoms with Crippen LogP contribution in [-0.2, 0) is 0 Å². The van der Waals surface area contributed by atoms with E-state index in [1.807, 2.05) is 13.1 Å². The van der Waals surface area contributed by atoms with Crippen LogP contribution >= 0.6 is 0 Å². The molecule has 19 heavy (non-hydrogen) atoms. The van der Waals surface area contributed by atoms with E-state index in [0.29, 0.717) is 6.04 Å². The molecule has 2 nitrogen and oxygen atoms in total. The molecule has 0 aliphatic rings. The topological polar surface area (TPSA) is 21.3 Å². The fraction of sp³-hybridized carbons (Fsp3) is 0.529. The Bertz CT molecular complexity index is 341. The number of benzene rings is 1. The Morgan fingerprint density at radius 3 is 2.53 bits per heavy atom. The second-order valence-electron chi connectivity index (χ2n) is 4.81. The van der Waals surface area contributed by atoms with Gasteiger partial charge in [0.25, 0.3) is 0 Å². The van der Waals surface area contributed by atoms with Gasteiger partial charge in [0.1, 0.15) is 5.75 Å². The molecule has 0 radical (unpaired) electrons. The van der Waals surface area contributed by atoms with Gasteiger partial charge in [0, 0.05) is 6.04 Å². The molecule has 0 aliphatic heterocycles. The first-order valence-electron chi connectivity index (χ1n) is 7.32. The molecular formula is C17H27NO. The predicted molar refractivity (Wildman–Crippen MR) is 82.7 cm³/mol. The van der Waals surface area contributed by atoms with Gasteiger partial charge in [-0.2, -0.15) is 0 Å². The van der Waals surface area contributed by atoms with E-state index in [9.17, 15) is 0 Å². The Morgan fingerprint density at radius 2 is 1.95 bits per heavy atom. The number of hydrogen-bond acceptors (Lipinski definition) is 2. The van der Waals surface area contributed by atoms with Crippen molar-refractivity contribution in [1.29, 1.82) is 0 Å². The van der Waals surface area contributed by atoms with Gasteiger partial charge in [-0.3, -0.25) is 0 Å². The molecule has 2 heteroatoms. The minimum Gasteiger partial charge on any atom is -0.494 e. The largest absolute Gasteiger partial charge is 0.494 e. The van der Waals surface area contributed by atoms with Crippen LogP contribution in [0.4, 0.5) is 0 Å². The van der Waals surface area contributed by atoms with E-state index in [2.05, 4.69) is 43.1 Å². The summed E-state index contributed by atoms with van der Waals surface area (Å²) in [4.78, 5) is 0. The monoisotopic (exact) mass is 261 g/mol. The molecular weight excluding hydrogens is 234 g/mol. The number of unbranched alkanes of at least 4 members (excludes halogenated alkanes) is 3. The summed E-state index contributed by atoms with van der Waals surface area (Å²) in [5.41, 5.74) is 1.32. The summed E-state index contributed by atoms with van der Waals surface area (Å²) in [6, 6.07) is 8.88. The van der Waals surface area contributed by atoms with Gasteiger partial charge in [-0.15, -0.1) is 6.58 Å². The summed E-state index contributed by atoms with van der Waals surface area (Å²) in [6.07, 6.45) is 7.72. The van der Waals surface area contributed by atoms with Crippen molar-refractivity contribution in [3.63, 3.8) is 0 Å². The number of hydrogen-bond donors (Lipinski definition) is 1. The summed E-state index contributed by atoms with van der Waals surface area (Å²) >= 11 is 0. The van der Waals surface area contributed by atoms with E-state index in [4.69, 9.17) is 4.74 Å². The van der Waals surface area contributed by atoms with Crippen molar-refractivity contribution in [2.75, 3.05) is 13.7 Å². The molecule has 0 bridgehead atoms. The average Bonchev–Trinajstić information content (AvgIpc) is 2.45. The molecule has 1 aromatic carbocycles. The molecule has 0 amide bonds. The van der Waals surface area contributed by atoms with Crippen LogP contribution in [-0.4, -0.2) is 13.7 Å². The molecule has 0 aliphatic carbocycles. The highest BCUT2D eigenvalue weighted by molar-refractivity contribution is 5.29. The zero-order valence-corrected chi connectivity index (χ0v) is 12.3. The summed E-state index contributed by atoms with van der Waals surface area (Å²) < 4.78 is 5.74. The molecule has 0 spiro atoms. The third-order valence-corrected chi connectivity index (χ3v) is 3.36. The fourth-order valence-corrected chi connectivity index (χ4v) is 2.16. The number of rotatable bonds is 10. The van der Waals surface area contributed by atoms with Crippen LogP contribution < -0.4 is 10.1 Å². The zero-order chi connectivity index (χ0) is 13.9. The van der Waals surface area contributed by atoms with Crippen LogP contribution in [0.2, 0.25) is 0 Å². The highest BCUT2D eigenvalue weighted by Crippen LogP contribution is 2.20. The first kappa shape index (κ1) is 15.8. The molecule has 0 saturated heterocycles. The molecule has 1 atom stereocenters. The van der Waals surface area contributed by atoms with E-state index < -0.39 is 0 Å². The molecule has 1 aromatic rings. The van der Waals surface area contributed by atoms with Gasteiger partial charge in [-0.05, 0) is 56.8 Å². The number of ether oxygens (including phenoxy) is 1. The Morgan fingerprint density at radius 1 is 1.21 bits per heavy atom. The molecule has 0 aromatic heterocycles. The van der Waals surface area contributed by atoms with Crippen LogP contribution in [0.15, 0.2) is 36.9 Å². The first-order valence-corrected chi connectivity index (χ1v) is 7.32. The fourth-order valence-electron chi connectivity index (χ4n) is 2.16. The van der Waals surface area contributed by atoms with Gasteiger partial charge in [-0.1, -0.05) is 25.1 Å². The van der Waals surface area contributed by atoms with Crippen molar-refractivity contribution in [3.05, 3.63) is 42.5 Å². The van der Waals surface area contributed by atoms with E-state index in [1.165, 1.54) is 18.4 Å². The van der Waals surface area contributed by atoms with Crippen LogP contribution in [0.3, 0.4) is 0 Å². The summed E-state index contributed by atoms with van der Waals surface area (Å²) in [5.74, 6) is 0.971. The quantitative estimate of drug-likeness (QED) is 0.495. The Kier molecular flexibility index (Phi) is 7.99. The molecule has 0 heterocycles. The lowest BCUT2D eigenvalue weighted by Crippen LogP contribution is -2.14. The summed E-state index contributed by atoms with van der Waals surface area (Å²) in [5, 5.41) is 3.31. The van der Waals surface area contributed by atoms with Gasteiger partial charge in [-0.25, -0.2) is 0 Å². The van der Waals surface area contributed by atoms with Crippen LogP contribution in [0.5, 0.6) is 5.75 Å². The van der Waals surface area contributed by atoms with Crippen molar-refractivity contribution in [3.8, 4) is 5.75 Å². The molecule has 0 saturated carbocycles. The second-order valence-corrected chi connectivity index (χ2v) is 4.81. The third kappa shape index (κ3) is 5.93. The molecule has 1 unspecified atom stereocenters. The molecule has 1 rings (SSSR count). The van der Waals surface area contributed by atoms with Crippen molar-refractivity contribution in [2.45, 2.75) is 45.1 Å². The van der Waals surface area contributed by atoms with E-state index in [-0.39, 0.29) is 0 Å². The first-order chi connectivity index (χ1) is 9.31. The lowest BCUT2D eigenvalue weighted by molar-refractivity contribution is 0.305. The highest BCUT2D eigenvalue weighted by Gasteiger charge is 2.05. The Hall–Kier alpha value is -1.28. The van der Waals surface area contributed by atoms with Crippen molar-refractivity contribution in [2.24, 2.45) is 0 Å². The summed E-state index contributed by atoms with van der Waals surface area (Å²) in [6.45, 7) is 6.72. The molecule has 0 fully saturated rings. The minimum absolute atomic E-state index is 0.438. The maximum Gasteiger partial charge on any atom is 0.119 e. The zero-order valence-electron chi connectivity index (χ0n) is 12.3. The van der Waals surface area contributed by atoms with Gasteiger partial charge >= 0.3 is 0 Å². The van der Waals surface area contributed by atoms with E-state index >= 15 is 0 Å². The second kappa shape index (κ2) is 9.62. The van der Waals surface area contributed by atoms with E-state index in [0.717, 1.165) is 31.6 Å². The van der Waals surface area contributed by atoms with Crippen molar-refractivity contribution >= 4 is 0 Å². The van der Waals surface area contributed by atoms with Crippen LogP contribution in [0, 0.1) is 0 Å². The Balaban J connectivity index is 2.30. The lowest BCUT2D eigenvalue weighted by Gasteiger charge is -2.14. The van der Waals surface area contributed by atoms with Crippen LogP contribution in [0.25, 0.3) is 0 Å². The SMILES string of the molecule is C=CCCCCCOc1ccc(C(CC)NC)cc1. The third-order valence-electron chi connectivity index (χ3n) is 3.36. The van der Waals surface area contributed by atoms with Crippen molar-refractivity contribution < 1.29 is 4.74 Å².